The van der Waals surface area contributed by atoms with E-state index in [1.165, 1.54) is 0 Å². The molecule has 0 spiro atoms. The van der Waals surface area contributed by atoms with E-state index < -0.39 is 23.8 Å². The van der Waals surface area contributed by atoms with Crippen LogP contribution in [0, 0.1) is 0 Å². The van der Waals surface area contributed by atoms with Gasteiger partial charge in [0, 0.05) is 6.08 Å². The Morgan fingerprint density at radius 2 is 1.65 bits per heavy atom. The molecule has 0 fully saturated rings. The van der Waals surface area contributed by atoms with Crippen molar-refractivity contribution in [2.45, 2.75) is 18.2 Å². The maximum atomic E-state index is 13.2. The van der Waals surface area contributed by atoms with Crippen LogP contribution in [0.1, 0.15) is 17.2 Å². The third-order valence-corrected chi connectivity index (χ3v) is 2.40. The molecule has 0 amide bonds. The highest BCUT2D eigenvalue weighted by Crippen LogP contribution is 2.40. The molecule has 0 bridgehead atoms. The van der Waals surface area contributed by atoms with Crippen molar-refractivity contribution in [1.29, 1.82) is 0 Å². The maximum absolute atomic E-state index is 13.2. The molecule has 0 saturated heterocycles. The third-order valence-electron chi connectivity index (χ3n) is 2.40. The molecule has 1 nitrogen and oxygen atoms in total. The van der Waals surface area contributed by atoms with Gasteiger partial charge in [0.05, 0.1) is 11.8 Å². The van der Waals surface area contributed by atoms with Gasteiger partial charge in [-0.15, -0.1) is 0 Å². The minimum absolute atomic E-state index is 0.00741. The number of ether oxygens (including phenoxy) is 1. The lowest BCUT2D eigenvalue weighted by atomic mass is 10.0. The number of alkyl halides is 5. The summed E-state index contributed by atoms with van der Waals surface area (Å²) in [7, 11) is 0. The van der Waals surface area contributed by atoms with Crippen molar-refractivity contribution in [3.63, 3.8) is 0 Å². The molecule has 0 aliphatic carbocycles. The standard InChI is InChI=1S/C11H7F5O/c12-10(13)5-6-17-9(10)7-1-3-8(4-2-7)11(14,15)16/h1-6,9H. The Hall–Kier alpha value is -1.59. The van der Waals surface area contributed by atoms with Crippen LogP contribution in [0.5, 0.6) is 0 Å². The van der Waals surface area contributed by atoms with Gasteiger partial charge in [-0.25, -0.2) is 0 Å². The molecule has 0 radical (unpaired) electrons. The Morgan fingerprint density at radius 1 is 1.06 bits per heavy atom. The van der Waals surface area contributed by atoms with Crippen LogP contribution in [0.3, 0.4) is 0 Å². The van der Waals surface area contributed by atoms with Crippen LogP contribution in [0.15, 0.2) is 36.6 Å². The first-order valence-corrected chi connectivity index (χ1v) is 4.69. The average Bonchev–Trinajstić information content (AvgIpc) is 2.57. The number of hydrogen-bond donors (Lipinski definition) is 0. The number of benzene rings is 1. The quantitative estimate of drug-likeness (QED) is 0.686. The van der Waals surface area contributed by atoms with Crippen molar-refractivity contribution in [2.75, 3.05) is 0 Å². The van der Waals surface area contributed by atoms with Gasteiger partial charge in [-0.2, -0.15) is 22.0 Å². The number of halogens is 5. The average molecular weight is 250 g/mol. The minimum atomic E-state index is -4.48. The van der Waals surface area contributed by atoms with E-state index in [4.69, 9.17) is 0 Å². The van der Waals surface area contributed by atoms with Gasteiger partial charge in [0.15, 0.2) is 6.10 Å². The predicted octanol–water partition coefficient (Wildman–Crippen LogP) is 3.93. The van der Waals surface area contributed by atoms with E-state index in [9.17, 15) is 22.0 Å². The first kappa shape index (κ1) is 11.9. The molecular weight excluding hydrogens is 243 g/mol. The fraction of sp³-hybridized carbons (Fsp3) is 0.273. The zero-order valence-electron chi connectivity index (χ0n) is 8.34. The third kappa shape index (κ3) is 2.25. The van der Waals surface area contributed by atoms with Gasteiger partial charge in [0.25, 0.3) is 0 Å². The fourth-order valence-electron chi connectivity index (χ4n) is 1.53. The predicted molar refractivity (Wildman–Crippen MR) is 49.4 cm³/mol. The van der Waals surface area contributed by atoms with Gasteiger partial charge in [-0.1, -0.05) is 12.1 Å². The van der Waals surface area contributed by atoms with Crippen molar-refractivity contribution in [3.05, 3.63) is 47.7 Å². The molecule has 1 atom stereocenters. The molecule has 1 aliphatic rings. The summed E-state index contributed by atoms with van der Waals surface area (Å²) in [5.41, 5.74) is -0.872. The van der Waals surface area contributed by atoms with E-state index in [1.807, 2.05) is 0 Å². The molecule has 1 unspecified atom stereocenters. The van der Waals surface area contributed by atoms with Crippen molar-refractivity contribution in [1.82, 2.24) is 0 Å². The summed E-state index contributed by atoms with van der Waals surface area (Å²) >= 11 is 0. The van der Waals surface area contributed by atoms with Crippen LogP contribution in [-0.2, 0) is 10.9 Å². The Labute approximate surface area is 93.5 Å². The molecule has 0 saturated carbocycles. The molecule has 17 heavy (non-hydrogen) atoms. The largest absolute Gasteiger partial charge is 0.487 e. The van der Waals surface area contributed by atoms with Crippen molar-refractivity contribution in [2.24, 2.45) is 0 Å². The second kappa shape index (κ2) is 3.72. The van der Waals surface area contributed by atoms with Crippen LogP contribution in [-0.4, -0.2) is 5.92 Å². The molecule has 1 aromatic carbocycles. The van der Waals surface area contributed by atoms with Crippen LogP contribution in [0.25, 0.3) is 0 Å². The van der Waals surface area contributed by atoms with Gasteiger partial charge in [0.2, 0.25) is 0 Å². The van der Waals surface area contributed by atoms with E-state index >= 15 is 0 Å². The summed E-state index contributed by atoms with van der Waals surface area (Å²) in [4.78, 5) is 0. The van der Waals surface area contributed by atoms with Gasteiger partial charge in [-0.05, 0) is 17.7 Å². The summed E-state index contributed by atoms with van der Waals surface area (Å²) in [6, 6.07) is 3.50. The zero-order valence-corrected chi connectivity index (χ0v) is 8.34. The van der Waals surface area contributed by atoms with Gasteiger partial charge >= 0.3 is 12.1 Å². The first-order valence-electron chi connectivity index (χ1n) is 4.69. The normalized spacial score (nSPS) is 22.5. The van der Waals surface area contributed by atoms with E-state index in [1.54, 1.807) is 0 Å². The lowest BCUT2D eigenvalue weighted by Crippen LogP contribution is -2.20. The zero-order chi connectivity index (χ0) is 12.7. The molecule has 0 aromatic heterocycles. The molecule has 1 aromatic rings. The van der Waals surface area contributed by atoms with Crippen molar-refractivity contribution >= 4 is 0 Å². The van der Waals surface area contributed by atoms with E-state index in [0.29, 0.717) is 6.08 Å². The highest BCUT2D eigenvalue weighted by Gasteiger charge is 2.43. The Balaban J connectivity index is 2.25. The molecule has 92 valence electrons. The summed E-state index contributed by atoms with van der Waals surface area (Å²) < 4.78 is 67.8. The molecule has 1 heterocycles. The van der Waals surface area contributed by atoms with Crippen LogP contribution in [0.4, 0.5) is 22.0 Å². The van der Waals surface area contributed by atoms with E-state index in [2.05, 4.69) is 4.74 Å². The van der Waals surface area contributed by atoms with Crippen LogP contribution in [0.2, 0.25) is 0 Å². The van der Waals surface area contributed by atoms with Crippen molar-refractivity contribution in [3.8, 4) is 0 Å². The summed E-state index contributed by atoms with van der Waals surface area (Å²) in [6.07, 6.45) is -4.60. The fourth-order valence-corrected chi connectivity index (χ4v) is 1.53. The van der Waals surface area contributed by atoms with Crippen LogP contribution >= 0.6 is 0 Å². The van der Waals surface area contributed by atoms with E-state index in [0.717, 1.165) is 30.5 Å². The molecule has 0 N–H and O–H groups in total. The van der Waals surface area contributed by atoms with Gasteiger partial charge < -0.3 is 4.74 Å². The lowest BCUT2D eigenvalue weighted by Gasteiger charge is -2.18. The second-order valence-corrected chi connectivity index (χ2v) is 3.61. The summed E-state index contributed by atoms with van der Waals surface area (Å²) in [6.45, 7) is 0. The summed E-state index contributed by atoms with van der Waals surface area (Å²) in [5, 5.41) is 0. The van der Waals surface area contributed by atoms with Crippen molar-refractivity contribution < 1.29 is 26.7 Å². The molecular formula is C11H7F5O. The molecule has 6 heteroatoms. The highest BCUT2D eigenvalue weighted by atomic mass is 19.4. The topological polar surface area (TPSA) is 9.23 Å². The van der Waals surface area contributed by atoms with Crippen LogP contribution < -0.4 is 0 Å². The molecule has 1 aliphatic heterocycles. The maximum Gasteiger partial charge on any atom is 0.416 e. The minimum Gasteiger partial charge on any atom is -0.487 e. The smallest absolute Gasteiger partial charge is 0.416 e. The monoisotopic (exact) mass is 250 g/mol. The van der Waals surface area contributed by atoms with Gasteiger partial charge in [0.1, 0.15) is 0 Å². The van der Waals surface area contributed by atoms with E-state index in [-0.39, 0.29) is 5.56 Å². The SMILES string of the molecule is FC(F)(F)c1ccc(C2OC=CC2(F)F)cc1. The number of hydrogen-bond acceptors (Lipinski definition) is 1. The van der Waals surface area contributed by atoms with Gasteiger partial charge in [-0.3, -0.25) is 0 Å². The summed E-state index contributed by atoms with van der Waals surface area (Å²) in [5.74, 6) is -3.19. The highest BCUT2D eigenvalue weighted by molar-refractivity contribution is 5.29. The first-order chi connectivity index (χ1) is 7.81. The Kier molecular flexibility index (Phi) is 2.60. The second-order valence-electron chi connectivity index (χ2n) is 3.61. The Bertz CT molecular complexity index is 432. The number of rotatable bonds is 1. The Morgan fingerprint density at radius 3 is 2.06 bits per heavy atom. The lowest BCUT2D eigenvalue weighted by molar-refractivity contribution is -0.137. The molecule has 2 rings (SSSR count).